The van der Waals surface area contributed by atoms with E-state index in [2.05, 4.69) is 18.7 Å². The van der Waals surface area contributed by atoms with E-state index in [9.17, 15) is 15.2 Å². The number of carboxylic acid groups (broad SMARTS) is 1. The summed E-state index contributed by atoms with van der Waals surface area (Å²) in [5.41, 5.74) is 0.556. The zero-order valence-corrected chi connectivity index (χ0v) is 12.1. The molecule has 0 radical (unpaired) electrons. The molecule has 0 saturated carbocycles. The molecule has 0 aliphatic rings. The van der Waals surface area contributed by atoms with Gasteiger partial charge in [0.1, 0.15) is 4.75 Å². The van der Waals surface area contributed by atoms with Crippen molar-refractivity contribution in [3.05, 3.63) is 35.9 Å². The van der Waals surface area contributed by atoms with Crippen LogP contribution in [0, 0.1) is 11.3 Å². The van der Waals surface area contributed by atoms with E-state index in [0.29, 0.717) is 5.56 Å². The van der Waals surface area contributed by atoms with E-state index in [0.717, 1.165) is 11.8 Å². The fourth-order valence-electron chi connectivity index (χ4n) is 1.50. The van der Waals surface area contributed by atoms with Crippen molar-refractivity contribution in [3.8, 4) is 6.07 Å². The Hall–Kier alpha value is -1.16. The van der Waals surface area contributed by atoms with Gasteiger partial charge in [0.25, 0.3) is 0 Å². The van der Waals surface area contributed by atoms with Crippen LogP contribution < -0.4 is 0 Å². The Kier molecular flexibility index (Phi) is 5.29. The molecule has 0 spiro atoms. The molecule has 19 heavy (non-hydrogen) atoms. The fourth-order valence-corrected chi connectivity index (χ4v) is 3.39. The topological polar surface area (TPSA) is 81.3 Å². The minimum Gasteiger partial charge on any atom is -0.481 e. The maximum atomic E-state index is 10.6. The van der Waals surface area contributed by atoms with Crippen molar-refractivity contribution in [1.82, 2.24) is 0 Å². The highest BCUT2D eigenvalue weighted by Gasteiger charge is 2.37. The Balaban J connectivity index is 2.85. The average molecular weight is 297 g/mol. The fraction of sp³-hybridized carbons (Fsp3) is 0.385. The van der Waals surface area contributed by atoms with E-state index in [1.165, 1.54) is 0 Å². The lowest BCUT2D eigenvalue weighted by atomic mass is 10.1. The maximum absolute atomic E-state index is 10.6. The highest BCUT2D eigenvalue weighted by Crippen LogP contribution is 2.46. The number of rotatable bonds is 6. The van der Waals surface area contributed by atoms with Crippen LogP contribution in [0.1, 0.15) is 25.3 Å². The first kappa shape index (κ1) is 15.9. The largest absolute Gasteiger partial charge is 0.481 e. The van der Waals surface area contributed by atoms with Gasteiger partial charge >= 0.3 is 5.97 Å². The van der Waals surface area contributed by atoms with E-state index in [1.807, 2.05) is 6.07 Å². The third-order valence-electron chi connectivity index (χ3n) is 2.57. The number of benzene rings is 1. The van der Waals surface area contributed by atoms with Crippen molar-refractivity contribution in [3.63, 3.8) is 0 Å². The van der Waals surface area contributed by atoms with Crippen LogP contribution in [-0.2, 0) is 9.06 Å². The molecule has 0 amide bonds. The second-order valence-electron chi connectivity index (χ2n) is 4.31. The lowest BCUT2D eigenvalue weighted by Crippen LogP contribution is -2.27. The molecule has 1 rings (SSSR count). The Labute approximate surface area is 121 Å². The Bertz CT molecular complexity index is 484. The van der Waals surface area contributed by atoms with Crippen LogP contribution in [0.15, 0.2) is 30.3 Å². The second-order valence-corrected chi connectivity index (χ2v) is 6.96. The first-order chi connectivity index (χ1) is 8.79. The molecule has 2 N–H and O–H groups in total. The van der Waals surface area contributed by atoms with Crippen LogP contribution >= 0.6 is 24.4 Å². The van der Waals surface area contributed by atoms with Gasteiger partial charge in [0.15, 0.2) is 4.27 Å². The second kappa shape index (κ2) is 6.33. The number of thiol groups is 1. The molecule has 0 unspecified atom stereocenters. The number of aliphatic hydroxyl groups is 1. The highest BCUT2D eigenvalue weighted by molar-refractivity contribution is 8.11. The third kappa shape index (κ3) is 4.78. The summed E-state index contributed by atoms with van der Waals surface area (Å²) in [4.78, 5) is 10.6. The van der Waals surface area contributed by atoms with Gasteiger partial charge in [-0.25, -0.2) is 0 Å². The summed E-state index contributed by atoms with van der Waals surface area (Å²) in [6, 6.07) is 10.8. The number of hydrogen-bond acceptors (Lipinski definition) is 5. The summed E-state index contributed by atoms with van der Waals surface area (Å²) in [5.74, 6) is -0.968. The van der Waals surface area contributed by atoms with Crippen LogP contribution in [0.3, 0.4) is 0 Å². The molecule has 1 aromatic carbocycles. The van der Waals surface area contributed by atoms with Crippen molar-refractivity contribution in [2.75, 3.05) is 0 Å². The average Bonchev–Trinajstić information content (AvgIpc) is 2.37. The minimum atomic E-state index is -1.54. The van der Waals surface area contributed by atoms with Gasteiger partial charge in [0.05, 0.1) is 6.07 Å². The van der Waals surface area contributed by atoms with Gasteiger partial charge in [0, 0.05) is 12.0 Å². The zero-order valence-electron chi connectivity index (χ0n) is 10.4. The van der Waals surface area contributed by atoms with Crippen molar-refractivity contribution in [2.24, 2.45) is 0 Å². The van der Waals surface area contributed by atoms with Crippen molar-refractivity contribution < 1.29 is 15.0 Å². The number of thioether (sulfide) groups is 1. The number of aliphatic carboxylic acids is 1. The van der Waals surface area contributed by atoms with E-state index in [1.54, 1.807) is 31.2 Å². The van der Waals surface area contributed by atoms with Crippen LogP contribution in [0.25, 0.3) is 0 Å². The molecule has 0 aliphatic carbocycles. The first-order valence-corrected chi connectivity index (χ1v) is 6.89. The van der Waals surface area contributed by atoms with Gasteiger partial charge in [-0.2, -0.15) is 5.26 Å². The molecule has 0 bridgehead atoms. The van der Waals surface area contributed by atoms with Crippen molar-refractivity contribution >= 4 is 30.4 Å². The third-order valence-corrected chi connectivity index (χ3v) is 4.37. The minimum absolute atomic E-state index is 0.129. The predicted octanol–water partition coefficient (Wildman–Crippen LogP) is 2.60. The van der Waals surface area contributed by atoms with Gasteiger partial charge in [-0.15, -0.1) is 12.6 Å². The molecule has 1 aromatic rings. The molecule has 2 atom stereocenters. The number of nitriles is 1. The normalized spacial score (nSPS) is 16.9. The molecule has 102 valence electrons. The molecule has 4 nitrogen and oxygen atoms in total. The van der Waals surface area contributed by atoms with Crippen LogP contribution in [0.5, 0.6) is 0 Å². The quantitative estimate of drug-likeness (QED) is 0.555. The summed E-state index contributed by atoms with van der Waals surface area (Å²) in [5, 5.41) is 28.2. The summed E-state index contributed by atoms with van der Waals surface area (Å²) in [6.07, 6.45) is 0.00884. The van der Waals surface area contributed by atoms with Gasteiger partial charge in [-0.1, -0.05) is 42.1 Å². The van der Waals surface area contributed by atoms with Crippen LogP contribution in [0.2, 0.25) is 0 Å². The van der Waals surface area contributed by atoms with Gasteiger partial charge in [-0.05, 0) is 13.3 Å². The van der Waals surface area contributed by atoms with E-state index < -0.39 is 15.0 Å². The van der Waals surface area contributed by atoms with Crippen molar-refractivity contribution in [2.45, 2.75) is 28.8 Å². The lowest BCUT2D eigenvalue weighted by molar-refractivity contribution is -0.137. The number of hydrogen-bond donors (Lipinski definition) is 3. The van der Waals surface area contributed by atoms with E-state index in [4.69, 9.17) is 5.11 Å². The highest BCUT2D eigenvalue weighted by atomic mass is 32.2. The predicted molar refractivity (Wildman–Crippen MR) is 77.8 cm³/mol. The molecule has 6 heteroatoms. The summed E-state index contributed by atoms with van der Waals surface area (Å²) >= 11 is 5.13. The van der Waals surface area contributed by atoms with Gasteiger partial charge in [0.2, 0.25) is 0 Å². The number of carboxylic acids is 1. The van der Waals surface area contributed by atoms with Gasteiger partial charge < -0.3 is 10.2 Å². The standard InChI is InChI=1S/C13H15NO3S2/c1-12(9-14,8-7-11(15)16)19-13(17,18)10-5-3-2-4-6-10/h2-6,17-18H,7-8H2,1H3,(H,15,16)/t12-,13+/m0/s1. The molecule has 0 heterocycles. The zero-order chi connectivity index (χ0) is 14.5. The molecule has 0 aliphatic heterocycles. The van der Waals surface area contributed by atoms with Gasteiger partial charge in [-0.3, -0.25) is 4.79 Å². The van der Waals surface area contributed by atoms with Crippen LogP contribution in [-0.4, -0.2) is 20.9 Å². The SMILES string of the molecule is C[C@@](C#N)(CCC(=O)O)S[C@](O)(S)c1ccccc1. The smallest absolute Gasteiger partial charge is 0.303 e. The molecular formula is C13H15NO3S2. The van der Waals surface area contributed by atoms with Crippen molar-refractivity contribution in [1.29, 1.82) is 5.26 Å². The summed E-state index contributed by atoms with van der Waals surface area (Å²) < 4.78 is -2.56. The van der Waals surface area contributed by atoms with Crippen LogP contribution in [0.4, 0.5) is 0 Å². The Morgan fingerprint density at radius 2 is 2.05 bits per heavy atom. The molecule has 0 aromatic heterocycles. The molecular weight excluding hydrogens is 282 g/mol. The van der Waals surface area contributed by atoms with E-state index in [-0.39, 0.29) is 12.8 Å². The maximum Gasteiger partial charge on any atom is 0.303 e. The monoisotopic (exact) mass is 297 g/mol. The number of nitrogens with zero attached hydrogens (tertiary/aromatic N) is 1. The Morgan fingerprint density at radius 3 is 2.53 bits per heavy atom. The number of carbonyl (C=O) groups is 1. The molecule has 0 fully saturated rings. The summed E-state index contributed by atoms with van der Waals surface area (Å²) in [6.45, 7) is 1.60. The Morgan fingerprint density at radius 1 is 1.47 bits per heavy atom. The van der Waals surface area contributed by atoms with E-state index >= 15 is 0 Å². The summed E-state index contributed by atoms with van der Waals surface area (Å²) in [7, 11) is 0. The lowest BCUT2D eigenvalue weighted by Gasteiger charge is -2.30. The first-order valence-electron chi connectivity index (χ1n) is 5.62. The molecule has 0 saturated heterocycles.